The van der Waals surface area contributed by atoms with Crippen LogP contribution in [0.3, 0.4) is 0 Å². The van der Waals surface area contributed by atoms with Gasteiger partial charge in [0.25, 0.3) is 0 Å². The summed E-state index contributed by atoms with van der Waals surface area (Å²) in [6.07, 6.45) is 1.01. The third-order valence-electron chi connectivity index (χ3n) is 3.19. The molecule has 0 spiro atoms. The van der Waals surface area contributed by atoms with Crippen LogP contribution in [-0.4, -0.2) is 26.5 Å². The Hall–Kier alpha value is -0.790. The smallest absolute Gasteiger partial charge is 0.241 e. The quantitative estimate of drug-likeness (QED) is 0.831. The molecule has 1 aliphatic heterocycles. The molecule has 2 rings (SSSR count). The molecule has 1 aromatic carbocycles. The summed E-state index contributed by atoms with van der Waals surface area (Å²) < 4.78 is 40.4. The minimum atomic E-state index is -3.70. The van der Waals surface area contributed by atoms with Crippen LogP contribution in [0, 0.1) is 18.7 Å². The number of sulfonamides is 1. The maximum Gasteiger partial charge on any atom is 0.241 e. The van der Waals surface area contributed by atoms with Gasteiger partial charge in [-0.2, -0.15) is 11.8 Å². The van der Waals surface area contributed by atoms with Gasteiger partial charge in [0.1, 0.15) is 5.82 Å². The zero-order chi connectivity index (χ0) is 14.0. The highest BCUT2D eigenvalue weighted by molar-refractivity contribution is 7.99. The second-order valence-corrected chi connectivity index (χ2v) is 7.59. The highest BCUT2D eigenvalue weighted by Gasteiger charge is 2.22. The lowest BCUT2D eigenvalue weighted by molar-refractivity contribution is 0.543. The molecule has 1 heterocycles. The van der Waals surface area contributed by atoms with Crippen LogP contribution in [-0.2, 0) is 10.0 Å². The number of thioether (sulfide) groups is 1. The first kappa shape index (κ1) is 14.6. The fourth-order valence-corrected chi connectivity index (χ4v) is 4.69. The van der Waals surface area contributed by atoms with Gasteiger partial charge in [-0.1, -0.05) is 0 Å². The third-order valence-corrected chi connectivity index (χ3v) is 5.98. The monoisotopic (exact) mass is 304 g/mol. The number of anilines is 1. The Morgan fingerprint density at radius 2 is 2.26 bits per heavy atom. The fraction of sp³-hybridized carbons (Fsp3) is 0.500. The number of halogens is 1. The Kier molecular flexibility index (Phi) is 4.37. The minimum absolute atomic E-state index is 0.0735. The first-order valence-corrected chi connectivity index (χ1v) is 8.67. The van der Waals surface area contributed by atoms with Gasteiger partial charge in [0.2, 0.25) is 10.0 Å². The van der Waals surface area contributed by atoms with Gasteiger partial charge in [-0.25, -0.2) is 17.5 Å². The molecule has 1 aliphatic rings. The van der Waals surface area contributed by atoms with E-state index in [0.29, 0.717) is 12.5 Å². The van der Waals surface area contributed by atoms with Gasteiger partial charge >= 0.3 is 0 Å². The Labute approximate surface area is 117 Å². The number of rotatable bonds is 4. The Morgan fingerprint density at radius 1 is 1.53 bits per heavy atom. The molecule has 0 aliphatic carbocycles. The molecule has 7 heteroatoms. The van der Waals surface area contributed by atoms with Crippen LogP contribution in [0.1, 0.15) is 12.0 Å². The summed E-state index contributed by atoms with van der Waals surface area (Å²) in [6, 6.07) is 2.42. The molecule has 0 bridgehead atoms. The molecule has 3 N–H and O–H groups in total. The van der Waals surface area contributed by atoms with E-state index in [0.717, 1.165) is 24.0 Å². The lowest BCUT2D eigenvalue weighted by atomic mass is 10.1. The molecule has 19 heavy (non-hydrogen) atoms. The second kappa shape index (κ2) is 5.68. The molecule has 1 saturated heterocycles. The van der Waals surface area contributed by atoms with Crippen LogP contribution in [0.5, 0.6) is 0 Å². The van der Waals surface area contributed by atoms with Crippen LogP contribution < -0.4 is 10.5 Å². The van der Waals surface area contributed by atoms with Crippen molar-refractivity contribution >= 4 is 27.5 Å². The van der Waals surface area contributed by atoms with Gasteiger partial charge < -0.3 is 5.73 Å². The molecule has 1 aromatic rings. The zero-order valence-corrected chi connectivity index (χ0v) is 12.3. The number of benzene rings is 1. The summed E-state index contributed by atoms with van der Waals surface area (Å²) >= 11 is 1.82. The Morgan fingerprint density at radius 3 is 2.89 bits per heavy atom. The first-order valence-electron chi connectivity index (χ1n) is 6.03. The van der Waals surface area contributed by atoms with Crippen molar-refractivity contribution in [1.29, 1.82) is 0 Å². The molecule has 0 saturated carbocycles. The van der Waals surface area contributed by atoms with Gasteiger partial charge in [0.05, 0.1) is 4.90 Å². The number of hydrogen-bond donors (Lipinski definition) is 2. The van der Waals surface area contributed by atoms with E-state index in [2.05, 4.69) is 4.72 Å². The zero-order valence-electron chi connectivity index (χ0n) is 10.6. The van der Waals surface area contributed by atoms with E-state index in [1.165, 1.54) is 13.0 Å². The lowest BCUT2D eigenvalue weighted by Gasteiger charge is -2.13. The lowest BCUT2D eigenvalue weighted by Crippen LogP contribution is -2.30. The molecule has 0 radical (unpaired) electrons. The predicted octanol–water partition coefficient (Wildman–Crippen LogP) is 1.75. The van der Waals surface area contributed by atoms with Crippen LogP contribution in [0.4, 0.5) is 10.1 Å². The van der Waals surface area contributed by atoms with Gasteiger partial charge in [0, 0.05) is 17.8 Å². The molecule has 4 nitrogen and oxygen atoms in total. The standard InChI is InChI=1S/C12H17FN2O2S2/c1-8-11(13)4-10(14)5-12(8)19(16,17)15-6-9-2-3-18-7-9/h4-5,9,15H,2-3,6-7,14H2,1H3. The van der Waals surface area contributed by atoms with E-state index in [4.69, 9.17) is 5.73 Å². The van der Waals surface area contributed by atoms with Crippen molar-refractivity contribution in [1.82, 2.24) is 4.72 Å². The topological polar surface area (TPSA) is 72.2 Å². The third kappa shape index (κ3) is 3.40. The van der Waals surface area contributed by atoms with E-state index >= 15 is 0 Å². The fourth-order valence-electron chi connectivity index (χ4n) is 2.00. The normalized spacial score (nSPS) is 19.8. The predicted molar refractivity (Wildman–Crippen MR) is 76.2 cm³/mol. The summed E-state index contributed by atoms with van der Waals surface area (Å²) in [5, 5.41) is 0. The van der Waals surface area contributed by atoms with E-state index in [-0.39, 0.29) is 16.1 Å². The average molecular weight is 304 g/mol. The van der Waals surface area contributed by atoms with Crippen molar-refractivity contribution < 1.29 is 12.8 Å². The van der Waals surface area contributed by atoms with Crippen molar-refractivity contribution in [2.45, 2.75) is 18.2 Å². The first-order chi connectivity index (χ1) is 8.90. The molecule has 0 amide bonds. The Bertz CT molecular complexity index is 569. The van der Waals surface area contributed by atoms with E-state index in [1.54, 1.807) is 0 Å². The van der Waals surface area contributed by atoms with Crippen molar-refractivity contribution in [3.05, 3.63) is 23.5 Å². The van der Waals surface area contributed by atoms with Crippen molar-refractivity contribution in [3.63, 3.8) is 0 Å². The molecular weight excluding hydrogens is 287 g/mol. The maximum absolute atomic E-state index is 13.5. The summed E-state index contributed by atoms with van der Waals surface area (Å²) in [6.45, 7) is 1.83. The van der Waals surface area contributed by atoms with Gasteiger partial charge in [-0.15, -0.1) is 0 Å². The SMILES string of the molecule is Cc1c(F)cc(N)cc1S(=O)(=O)NCC1CCSC1. The van der Waals surface area contributed by atoms with E-state index in [9.17, 15) is 12.8 Å². The van der Waals surface area contributed by atoms with Crippen LogP contribution in [0.15, 0.2) is 17.0 Å². The maximum atomic E-state index is 13.5. The molecule has 106 valence electrons. The highest BCUT2D eigenvalue weighted by atomic mass is 32.2. The number of hydrogen-bond acceptors (Lipinski definition) is 4. The largest absolute Gasteiger partial charge is 0.399 e. The second-order valence-electron chi connectivity index (χ2n) is 4.71. The highest BCUT2D eigenvalue weighted by Crippen LogP contribution is 2.24. The summed E-state index contributed by atoms with van der Waals surface area (Å²) in [5.41, 5.74) is 5.72. The molecule has 1 atom stereocenters. The number of nitrogens with one attached hydrogen (secondary N) is 1. The Balaban J connectivity index is 2.19. The van der Waals surface area contributed by atoms with Gasteiger partial charge in [-0.3, -0.25) is 0 Å². The minimum Gasteiger partial charge on any atom is -0.399 e. The van der Waals surface area contributed by atoms with Crippen LogP contribution >= 0.6 is 11.8 Å². The number of nitrogen functional groups attached to an aromatic ring is 1. The van der Waals surface area contributed by atoms with Crippen LogP contribution in [0.25, 0.3) is 0 Å². The molecule has 0 aromatic heterocycles. The summed E-state index contributed by atoms with van der Waals surface area (Å²) in [5.74, 6) is 1.79. The average Bonchev–Trinajstić information content (AvgIpc) is 2.84. The van der Waals surface area contributed by atoms with Crippen molar-refractivity contribution in [3.8, 4) is 0 Å². The van der Waals surface area contributed by atoms with E-state index < -0.39 is 15.8 Å². The molecule has 1 fully saturated rings. The van der Waals surface area contributed by atoms with Crippen molar-refractivity contribution in [2.24, 2.45) is 5.92 Å². The van der Waals surface area contributed by atoms with Gasteiger partial charge in [0.15, 0.2) is 0 Å². The van der Waals surface area contributed by atoms with Crippen molar-refractivity contribution in [2.75, 3.05) is 23.8 Å². The molecule has 1 unspecified atom stereocenters. The van der Waals surface area contributed by atoms with E-state index in [1.807, 2.05) is 11.8 Å². The summed E-state index contributed by atoms with van der Waals surface area (Å²) in [4.78, 5) is -0.0735. The molecular formula is C12H17FN2O2S2. The number of nitrogens with two attached hydrogens (primary N) is 1. The van der Waals surface area contributed by atoms with Gasteiger partial charge in [-0.05, 0) is 42.9 Å². The summed E-state index contributed by atoms with van der Waals surface area (Å²) in [7, 11) is -3.70. The van der Waals surface area contributed by atoms with Crippen LogP contribution in [0.2, 0.25) is 0 Å².